The monoisotopic (exact) mass is 554 g/mol. The van der Waals surface area contributed by atoms with E-state index >= 15 is 0 Å². The van der Waals surface area contributed by atoms with Crippen molar-refractivity contribution in [1.82, 2.24) is 0 Å². The highest BCUT2D eigenvalue weighted by Gasteiger charge is 2.39. The van der Waals surface area contributed by atoms with E-state index in [4.69, 9.17) is 25.8 Å². The Hall–Kier alpha value is -5.08. The van der Waals surface area contributed by atoms with Crippen LogP contribution in [0.4, 0.5) is 11.4 Å². The quantitative estimate of drug-likeness (QED) is 0.156. The second-order valence-corrected chi connectivity index (χ2v) is 9.05. The van der Waals surface area contributed by atoms with Gasteiger partial charge >= 0.3 is 5.97 Å². The summed E-state index contributed by atoms with van der Waals surface area (Å²) in [4.78, 5) is 39.3. The van der Waals surface area contributed by atoms with Crippen LogP contribution in [0.5, 0.6) is 17.2 Å². The van der Waals surface area contributed by atoms with Crippen LogP contribution in [0, 0.1) is 0 Å². The van der Waals surface area contributed by atoms with E-state index in [2.05, 4.69) is 5.32 Å². The van der Waals surface area contributed by atoms with E-state index in [1.165, 1.54) is 7.11 Å². The fourth-order valence-corrected chi connectivity index (χ4v) is 4.13. The number of ether oxygens (including phenoxy) is 3. The summed E-state index contributed by atoms with van der Waals surface area (Å²) >= 11 is 6.21. The van der Waals surface area contributed by atoms with Gasteiger partial charge in [0.05, 0.1) is 18.4 Å². The van der Waals surface area contributed by atoms with Gasteiger partial charge in [0.15, 0.2) is 0 Å². The van der Waals surface area contributed by atoms with Gasteiger partial charge in [-0.25, -0.2) is 9.69 Å². The molecule has 1 aliphatic heterocycles. The number of rotatable bonds is 9. The van der Waals surface area contributed by atoms with Crippen LogP contribution < -0.4 is 24.4 Å². The van der Waals surface area contributed by atoms with Gasteiger partial charge in [0, 0.05) is 5.69 Å². The molecule has 0 atom stereocenters. The molecule has 4 aromatic carbocycles. The van der Waals surface area contributed by atoms with Gasteiger partial charge in [-0.05, 0) is 78.4 Å². The highest BCUT2D eigenvalue weighted by atomic mass is 35.5. The lowest BCUT2D eigenvalue weighted by molar-refractivity contribution is -0.120. The molecule has 0 fully saturated rings. The molecule has 200 valence electrons. The van der Waals surface area contributed by atoms with E-state index in [1.807, 2.05) is 30.3 Å². The van der Waals surface area contributed by atoms with Gasteiger partial charge in [-0.15, -0.1) is 0 Å². The van der Waals surface area contributed by atoms with Crippen molar-refractivity contribution in [3.63, 3.8) is 0 Å². The summed E-state index contributed by atoms with van der Waals surface area (Å²) in [5, 5.41) is 2.65. The first kappa shape index (κ1) is 26.5. The largest absolute Gasteiger partial charge is 0.497 e. The SMILES string of the molecule is COc1ccc(N2C(=O)C(Cl)=C(Nc3ccc(C(=O)Oc4ccc(OCc5ccccc5)cc4)cc3)C2=O)cc1. The topological polar surface area (TPSA) is 94.2 Å². The molecule has 5 rings (SSSR count). The fourth-order valence-electron chi connectivity index (χ4n) is 3.92. The number of hydrogen-bond acceptors (Lipinski definition) is 7. The van der Waals surface area contributed by atoms with Gasteiger partial charge in [0.2, 0.25) is 0 Å². The van der Waals surface area contributed by atoms with E-state index in [-0.39, 0.29) is 10.7 Å². The maximum absolute atomic E-state index is 13.0. The molecule has 0 unspecified atom stereocenters. The smallest absolute Gasteiger partial charge is 0.343 e. The summed E-state index contributed by atoms with van der Waals surface area (Å²) in [5.74, 6) is -0.193. The van der Waals surface area contributed by atoms with Crippen molar-refractivity contribution in [3.8, 4) is 17.2 Å². The lowest BCUT2D eigenvalue weighted by Crippen LogP contribution is -2.32. The fraction of sp³-hybridized carbons (Fsp3) is 0.0645. The van der Waals surface area contributed by atoms with E-state index < -0.39 is 17.8 Å². The van der Waals surface area contributed by atoms with Crippen molar-refractivity contribution in [2.45, 2.75) is 6.61 Å². The van der Waals surface area contributed by atoms with E-state index in [0.717, 1.165) is 10.5 Å². The second-order valence-electron chi connectivity index (χ2n) is 8.67. The number of amides is 2. The van der Waals surface area contributed by atoms with Crippen LogP contribution in [0.3, 0.4) is 0 Å². The molecule has 0 aliphatic carbocycles. The third-order valence-corrected chi connectivity index (χ3v) is 6.38. The van der Waals surface area contributed by atoms with Gasteiger partial charge in [-0.2, -0.15) is 0 Å². The molecule has 2 amide bonds. The van der Waals surface area contributed by atoms with Gasteiger partial charge < -0.3 is 19.5 Å². The summed E-state index contributed by atoms with van der Waals surface area (Å²) in [5.41, 5.74) is 2.10. The molecule has 0 radical (unpaired) electrons. The average Bonchev–Trinajstić information content (AvgIpc) is 3.20. The van der Waals surface area contributed by atoms with Crippen molar-refractivity contribution in [1.29, 1.82) is 0 Å². The first-order chi connectivity index (χ1) is 19.4. The number of imide groups is 1. The van der Waals surface area contributed by atoms with Gasteiger partial charge in [-0.1, -0.05) is 41.9 Å². The van der Waals surface area contributed by atoms with Gasteiger partial charge in [0.1, 0.15) is 34.6 Å². The molecule has 1 heterocycles. The molecule has 4 aromatic rings. The predicted octanol–water partition coefficient (Wildman–Crippen LogP) is 5.93. The maximum atomic E-state index is 13.0. The molecule has 0 saturated carbocycles. The number of methoxy groups -OCH3 is 1. The van der Waals surface area contributed by atoms with Crippen LogP contribution in [0.15, 0.2) is 114 Å². The molecule has 0 spiro atoms. The van der Waals surface area contributed by atoms with Crippen molar-refractivity contribution in [3.05, 3.63) is 125 Å². The van der Waals surface area contributed by atoms with Gasteiger partial charge in [-0.3, -0.25) is 9.59 Å². The minimum atomic E-state index is -0.643. The Morgan fingerprint density at radius 2 is 1.40 bits per heavy atom. The Balaban J connectivity index is 1.19. The van der Waals surface area contributed by atoms with E-state index in [0.29, 0.717) is 40.8 Å². The number of nitrogens with zero attached hydrogens (tertiary/aromatic N) is 1. The predicted molar refractivity (Wildman–Crippen MR) is 151 cm³/mol. The second kappa shape index (κ2) is 11.8. The highest BCUT2D eigenvalue weighted by Crippen LogP contribution is 2.31. The summed E-state index contributed by atoms with van der Waals surface area (Å²) in [6, 6.07) is 29.3. The third-order valence-electron chi connectivity index (χ3n) is 6.03. The van der Waals surface area contributed by atoms with Crippen molar-refractivity contribution >= 4 is 40.8 Å². The molecule has 8 nitrogen and oxygen atoms in total. The van der Waals surface area contributed by atoms with Gasteiger partial charge in [0.25, 0.3) is 11.8 Å². The molecule has 0 aromatic heterocycles. The number of hydrogen-bond donors (Lipinski definition) is 1. The number of nitrogens with one attached hydrogen (secondary N) is 1. The van der Waals surface area contributed by atoms with E-state index in [1.54, 1.807) is 72.8 Å². The Morgan fingerprint density at radius 3 is 2.05 bits per heavy atom. The van der Waals surface area contributed by atoms with Crippen LogP contribution in [0.2, 0.25) is 0 Å². The van der Waals surface area contributed by atoms with Crippen molar-refractivity contribution in [2.75, 3.05) is 17.3 Å². The maximum Gasteiger partial charge on any atom is 0.343 e. The molecule has 9 heteroatoms. The summed E-state index contributed by atoms with van der Waals surface area (Å²) < 4.78 is 16.3. The molecular weight excluding hydrogens is 532 g/mol. The van der Waals surface area contributed by atoms with Crippen LogP contribution in [-0.4, -0.2) is 24.9 Å². The third kappa shape index (κ3) is 5.82. The number of halogens is 1. The Morgan fingerprint density at radius 1 is 0.775 bits per heavy atom. The molecule has 0 bridgehead atoms. The summed E-state index contributed by atoms with van der Waals surface area (Å²) in [6.07, 6.45) is 0. The molecule has 40 heavy (non-hydrogen) atoms. The number of esters is 1. The number of anilines is 2. The number of carbonyl (C=O) groups excluding carboxylic acids is 3. The summed E-state index contributed by atoms with van der Waals surface area (Å²) in [7, 11) is 1.52. The molecule has 1 aliphatic rings. The first-order valence-corrected chi connectivity index (χ1v) is 12.6. The number of benzene rings is 4. The Labute approximate surface area is 235 Å². The van der Waals surface area contributed by atoms with E-state index in [9.17, 15) is 14.4 Å². The summed E-state index contributed by atoms with van der Waals surface area (Å²) in [6.45, 7) is 0.432. The van der Waals surface area contributed by atoms with Crippen LogP contribution in [-0.2, 0) is 16.2 Å². The van der Waals surface area contributed by atoms with Crippen molar-refractivity contribution < 1.29 is 28.6 Å². The highest BCUT2D eigenvalue weighted by molar-refractivity contribution is 6.53. The molecular formula is C31H23ClN2O6. The van der Waals surface area contributed by atoms with Crippen LogP contribution in [0.1, 0.15) is 15.9 Å². The van der Waals surface area contributed by atoms with Crippen molar-refractivity contribution in [2.24, 2.45) is 0 Å². The normalized spacial score (nSPS) is 12.9. The minimum absolute atomic E-state index is 0.0626. The Kier molecular flexibility index (Phi) is 7.80. The first-order valence-electron chi connectivity index (χ1n) is 12.2. The zero-order valence-corrected chi connectivity index (χ0v) is 22.1. The minimum Gasteiger partial charge on any atom is -0.497 e. The molecule has 1 N–H and O–H groups in total. The zero-order valence-electron chi connectivity index (χ0n) is 21.3. The lowest BCUT2D eigenvalue weighted by Gasteiger charge is -2.15. The molecule has 0 saturated heterocycles. The average molecular weight is 555 g/mol. The Bertz CT molecular complexity index is 1570. The van der Waals surface area contributed by atoms with Crippen LogP contribution in [0.25, 0.3) is 0 Å². The lowest BCUT2D eigenvalue weighted by atomic mass is 10.2. The number of carbonyl (C=O) groups is 3. The van der Waals surface area contributed by atoms with Crippen LogP contribution >= 0.6 is 11.6 Å². The zero-order chi connectivity index (χ0) is 28.1. The standard InChI is InChI=1S/C31H23ClN2O6/c1-38-24-13-11-23(12-14-24)34-29(35)27(32)28(30(34)36)33-22-9-7-21(8-10-22)31(37)40-26-17-15-25(16-18-26)39-19-20-5-3-2-4-6-20/h2-18,33H,19H2,1H3.